The average Bonchev–Trinajstić information content (AvgIpc) is 2.14. The highest BCUT2D eigenvalue weighted by Crippen LogP contribution is 1.97. The maximum Gasteiger partial charge on any atom is 0.237 e. The number of hydrogen-bond donors (Lipinski definition) is 4. The van der Waals surface area contributed by atoms with Gasteiger partial charge in [-0.15, -0.1) is 0 Å². The Balaban J connectivity index is 3.59. The summed E-state index contributed by atoms with van der Waals surface area (Å²) in [7, 11) is 0. The van der Waals surface area contributed by atoms with E-state index in [2.05, 4.69) is 5.32 Å². The lowest BCUT2D eigenvalue weighted by Crippen LogP contribution is -2.43. The van der Waals surface area contributed by atoms with Gasteiger partial charge >= 0.3 is 0 Å². The van der Waals surface area contributed by atoms with E-state index in [0.29, 0.717) is 13.0 Å². The van der Waals surface area contributed by atoms with Crippen molar-refractivity contribution in [3.63, 3.8) is 0 Å². The lowest BCUT2D eigenvalue weighted by molar-refractivity contribution is -0.125. The molecule has 0 aromatic rings. The van der Waals surface area contributed by atoms with E-state index in [0.717, 1.165) is 12.8 Å². The van der Waals surface area contributed by atoms with Crippen LogP contribution in [0.15, 0.2) is 0 Å². The largest absolute Gasteiger partial charge is 0.368 e. The van der Waals surface area contributed by atoms with Crippen molar-refractivity contribution in [2.75, 3.05) is 13.1 Å². The third-order valence-corrected chi connectivity index (χ3v) is 1.74. The summed E-state index contributed by atoms with van der Waals surface area (Å²) in [4.78, 5) is 21.5. The average molecular weight is 202 g/mol. The number of nitrogens with one attached hydrogen (secondary N) is 1. The molecule has 0 aliphatic heterocycles. The molecule has 0 aromatic heterocycles. The highest BCUT2D eigenvalue weighted by molar-refractivity contribution is 5.86. The maximum absolute atomic E-state index is 11.2. The molecule has 2 amide bonds. The summed E-state index contributed by atoms with van der Waals surface area (Å²) in [5, 5.41) is 2.34. The van der Waals surface area contributed by atoms with Gasteiger partial charge in [0.2, 0.25) is 11.8 Å². The number of carbonyl (C=O) groups is 2. The number of rotatable bonds is 7. The first kappa shape index (κ1) is 12.9. The summed E-state index contributed by atoms with van der Waals surface area (Å²) < 4.78 is 0. The number of nitrogens with two attached hydrogens (primary N) is 3. The van der Waals surface area contributed by atoms with Gasteiger partial charge in [0.1, 0.15) is 0 Å². The minimum Gasteiger partial charge on any atom is -0.368 e. The Labute approximate surface area is 83.2 Å². The van der Waals surface area contributed by atoms with Gasteiger partial charge in [0.25, 0.3) is 0 Å². The summed E-state index contributed by atoms with van der Waals surface area (Å²) in [6.07, 6.45) is 2.22. The van der Waals surface area contributed by atoms with Gasteiger partial charge in [-0.2, -0.15) is 0 Å². The van der Waals surface area contributed by atoms with Gasteiger partial charge in [-0.25, -0.2) is 0 Å². The van der Waals surface area contributed by atoms with E-state index in [4.69, 9.17) is 17.2 Å². The molecule has 0 aliphatic carbocycles. The molecule has 0 bridgehead atoms. The molecule has 1 atom stereocenters. The molecule has 6 nitrogen and oxygen atoms in total. The van der Waals surface area contributed by atoms with Crippen molar-refractivity contribution in [1.82, 2.24) is 5.32 Å². The first-order valence-electron chi connectivity index (χ1n) is 4.59. The molecule has 82 valence electrons. The standard InChI is InChI=1S/C8H18N4O2/c9-4-2-1-3-6(10)8(14)12-5-7(11)13/h6H,1-5,9-10H2,(H2,11,13)(H,12,14)/t6-/m0/s1. The maximum atomic E-state index is 11.2. The zero-order chi connectivity index (χ0) is 11.0. The second kappa shape index (κ2) is 7.28. The van der Waals surface area contributed by atoms with Crippen molar-refractivity contribution in [2.24, 2.45) is 17.2 Å². The van der Waals surface area contributed by atoms with Crippen LogP contribution in [0.2, 0.25) is 0 Å². The molecule has 6 heteroatoms. The SMILES string of the molecule is NCCCC[C@H](N)C(=O)NCC(N)=O. The van der Waals surface area contributed by atoms with Gasteiger partial charge < -0.3 is 22.5 Å². The fourth-order valence-corrected chi connectivity index (χ4v) is 0.945. The summed E-state index contributed by atoms with van der Waals surface area (Å²) in [6.45, 7) is 0.430. The molecule has 0 saturated carbocycles. The van der Waals surface area contributed by atoms with Gasteiger partial charge in [-0.05, 0) is 19.4 Å². The topological polar surface area (TPSA) is 124 Å². The Morgan fingerprint density at radius 1 is 1.29 bits per heavy atom. The Morgan fingerprint density at radius 3 is 2.43 bits per heavy atom. The fraction of sp³-hybridized carbons (Fsp3) is 0.750. The fourth-order valence-electron chi connectivity index (χ4n) is 0.945. The van der Waals surface area contributed by atoms with Crippen LogP contribution in [0, 0.1) is 0 Å². The summed E-state index contributed by atoms with van der Waals surface area (Å²) >= 11 is 0. The second-order valence-electron chi connectivity index (χ2n) is 3.08. The minimum absolute atomic E-state index is 0.163. The monoisotopic (exact) mass is 202 g/mol. The number of primary amides is 1. The third kappa shape index (κ3) is 6.38. The summed E-state index contributed by atoms with van der Waals surface area (Å²) in [5.41, 5.74) is 15.7. The van der Waals surface area contributed by atoms with Crippen LogP contribution >= 0.6 is 0 Å². The van der Waals surface area contributed by atoms with Crippen molar-refractivity contribution >= 4 is 11.8 Å². The van der Waals surface area contributed by atoms with Crippen molar-refractivity contribution in [2.45, 2.75) is 25.3 Å². The van der Waals surface area contributed by atoms with Crippen LogP contribution in [0.25, 0.3) is 0 Å². The zero-order valence-corrected chi connectivity index (χ0v) is 8.16. The van der Waals surface area contributed by atoms with E-state index in [-0.39, 0.29) is 12.5 Å². The van der Waals surface area contributed by atoms with Crippen LogP contribution in [0.3, 0.4) is 0 Å². The Bertz CT molecular complexity index is 196. The highest BCUT2D eigenvalue weighted by Gasteiger charge is 2.12. The molecule has 0 rings (SSSR count). The van der Waals surface area contributed by atoms with E-state index in [1.165, 1.54) is 0 Å². The zero-order valence-electron chi connectivity index (χ0n) is 8.16. The highest BCUT2D eigenvalue weighted by atomic mass is 16.2. The van der Waals surface area contributed by atoms with Gasteiger partial charge in [0.05, 0.1) is 12.6 Å². The van der Waals surface area contributed by atoms with Crippen LogP contribution in [-0.4, -0.2) is 30.9 Å². The van der Waals surface area contributed by atoms with Crippen LogP contribution < -0.4 is 22.5 Å². The summed E-state index contributed by atoms with van der Waals surface area (Å²) in [6, 6.07) is -0.583. The predicted octanol–water partition coefficient (Wildman–Crippen LogP) is -1.96. The predicted molar refractivity (Wildman–Crippen MR) is 53.1 cm³/mol. The Morgan fingerprint density at radius 2 is 1.93 bits per heavy atom. The van der Waals surface area contributed by atoms with Gasteiger partial charge in [0, 0.05) is 0 Å². The van der Waals surface area contributed by atoms with Crippen molar-refractivity contribution in [1.29, 1.82) is 0 Å². The van der Waals surface area contributed by atoms with E-state index in [9.17, 15) is 9.59 Å². The lowest BCUT2D eigenvalue weighted by atomic mass is 10.1. The molecule has 0 saturated heterocycles. The van der Waals surface area contributed by atoms with Gasteiger partial charge in [-0.1, -0.05) is 6.42 Å². The van der Waals surface area contributed by atoms with Crippen LogP contribution in [0.4, 0.5) is 0 Å². The molecule has 7 N–H and O–H groups in total. The van der Waals surface area contributed by atoms with E-state index in [1.807, 2.05) is 0 Å². The van der Waals surface area contributed by atoms with E-state index in [1.54, 1.807) is 0 Å². The van der Waals surface area contributed by atoms with E-state index < -0.39 is 11.9 Å². The van der Waals surface area contributed by atoms with Crippen molar-refractivity contribution in [3.8, 4) is 0 Å². The molecular weight excluding hydrogens is 184 g/mol. The van der Waals surface area contributed by atoms with Crippen molar-refractivity contribution in [3.05, 3.63) is 0 Å². The molecule has 14 heavy (non-hydrogen) atoms. The number of amides is 2. The number of carbonyl (C=O) groups excluding carboxylic acids is 2. The Kier molecular flexibility index (Phi) is 6.69. The molecular formula is C8H18N4O2. The Hall–Kier alpha value is -1.14. The van der Waals surface area contributed by atoms with Gasteiger partial charge in [-0.3, -0.25) is 9.59 Å². The minimum atomic E-state index is -0.583. The number of unbranched alkanes of at least 4 members (excludes halogenated alkanes) is 1. The molecule has 0 spiro atoms. The first-order chi connectivity index (χ1) is 6.57. The molecule has 0 unspecified atom stereocenters. The third-order valence-electron chi connectivity index (χ3n) is 1.74. The lowest BCUT2D eigenvalue weighted by Gasteiger charge is -2.10. The summed E-state index contributed by atoms with van der Waals surface area (Å²) in [5.74, 6) is -0.923. The molecule has 0 fully saturated rings. The van der Waals surface area contributed by atoms with Crippen LogP contribution in [-0.2, 0) is 9.59 Å². The van der Waals surface area contributed by atoms with Crippen LogP contribution in [0.5, 0.6) is 0 Å². The normalized spacial score (nSPS) is 12.1. The number of hydrogen-bond acceptors (Lipinski definition) is 4. The van der Waals surface area contributed by atoms with E-state index >= 15 is 0 Å². The second-order valence-corrected chi connectivity index (χ2v) is 3.08. The first-order valence-corrected chi connectivity index (χ1v) is 4.59. The molecule has 0 radical (unpaired) electrons. The smallest absolute Gasteiger partial charge is 0.237 e. The van der Waals surface area contributed by atoms with Crippen LogP contribution in [0.1, 0.15) is 19.3 Å². The quantitative estimate of drug-likeness (QED) is 0.358. The van der Waals surface area contributed by atoms with Crippen molar-refractivity contribution < 1.29 is 9.59 Å². The van der Waals surface area contributed by atoms with Gasteiger partial charge in [0.15, 0.2) is 0 Å². The molecule has 0 aliphatic rings. The molecule has 0 aromatic carbocycles. The molecule has 0 heterocycles.